The lowest BCUT2D eigenvalue weighted by molar-refractivity contribution is -0.384. The van der Waals surface area contributed by atoms with Crippen LogP contribution in [0.3, 0.4) is 0 Å². The Kier molecular flexibility index (Phi) is 3.94. The van der Waals surface area contributed by atoms with Gasteiger partial charge in [-0.3, -0.25) is 10.1 Å². The van der Waals surface area contributed by atoms with Crippen molar-refractivity contribution in [1.82, 2.24) is 0 Å². The van der Waals surface area contributed by atoms with Gasteiger partial charge in [0.05, 0.1) is 23.7 Å². The van der Waals surface area contributed by atoms with Gasteiger partial charge in [-0.1, -0.05) is 0 Å². The van der Waals surface area contributed by atoms with E-state index in [2.05, 4.69) is 10.1 Å². The van der Waals surface area contributed by atoms with Crippen LogP contribution in [0.5, 0.6) is 0 Å². The van der Waals surface area contributed by atoms with E-state index in [1.54, 1.807) is 16.8 Å². The topological polar surface area (TPSA) is 81.5 Å². The van der Waals surface area contributed by atoms with Crippen LogP contribution < -0.4 is 5.32 Å². The molecule has 0 aliphatic carbocycles. The van der Waals surface area contributed by atoms with E-state index in [9.17, 15) is 19.3 Å². The summed E-state index contributed by atoms with van der Waals surface area (Å²) in [5.41, 5.74) is -0.187. The molecule has 20 heavy (non-hydrogen) atoms. The smallest absolute Gasteiger partial charge is 0.340 e. The van der Waals surface area contributed by atoms with Crippen molar-refractivity contribution in [2.75, 3.05) is 12.4 Å². The van der Waals surface area contributed by atoms with E-state index in [1.807, 2.05) is 0 Å². The van der Waals surface area contributed by atoms with Crippen LogP contribution in [0.1, 0.15) is 10.4 Å². The fraction of sp³-hybridized carbons (Fsp3) is 0.0833. The molecule has 1 aromatic carbocycles. The summed E-state index contributed by atoms with van der Waals surface area (Å²) in [6, 6.07) is 3.47. The molecule has 1 heterocycles. The Labute approximate surface area is 117 Å². The zero-order valence-corrected chi connectivity index (χ0v) is 11.1. The molecular formula is C12H9FN2O4S. The van der Waals surface area contributed by atoms with Gasteiger partial charge < -0.3 is 10.1 Å². The highest BCUT2D eigenvalue weighted by Gasteiger charge is 2.22. The molecule has 6 nitrogen and oxygen atoms in total. The SMILES string of the molecule is COC(=O)c1cc(Nc2ccsc2)c([N+](=O)[O-])cc1F. The van der Waals surface area contributed by atoms with Crippen LogP contribution in [0.15, 0.2) is 29.0 Å². The number of nitrogens with zero attached hydrogens (tertiary/aromatic N) is 1. The fourth-order valence-corrected chi connectivity index (χ4v) is 2.16. The van der Waals surface area contributed by atoms with Crippen molar-refractivity contribution in [2.24, 2.45) is 0 Å². The molecule has 0 aliphatic heterocycles. The molecule has 0 atom stereocenters. The first-order chi connectivity index (χ1) is 9.52. The Hall–Kier alpha value is -2.48. The number of carbonyl (C=O) groups is 1. The number of methoxy groups -OCH3 is 1. The lowest BCUT2D eigenvalue weighted by Gasteiger charge is -2.08. The Morgan fingerprint density at radius 2 is 2.25 bits per heavy atom. The normalized spacial score (nSPS) is 10.1. The zero-order valence-electron chi connectivity index (χ0n) is 10.3. The number of nitro benzene ring substituents is 1. The second-order valence-corrected chi connectivity index (χ2v) is 4.51. The maximum atomic E-state index is 13.7. The average Bonchev–Trinajstić information content (AvgIpc) is 2.92. The van der Waals surface area contributed by atoms with Crippen molar-refractivity contribution in [3.63, 3.8) is 0 Å². The Bertz CT molecular complexity index is 658. The van der Waals surface area contributed by atoms with E-state index in [1.165, 1.54) is 11.3 Å². The largest absolute Gasteiger partial charge is 0.465 e. The van der Waals surface area contributed by atoms with E-state index in [4.69, 9.17) is 0 Å². The van der Waals surface area contributed by atoms with Gasteiger partial charge in [-0.05, 0) is 17.5 Å². The molecule has 0 aliphatic rings. The fourth-order valence-electron chi connectivity index (χ4n) is 1.57. The predicted molar refractivity (Wildman–Crippen MR) is 72.0 cm³/mol. The molecule has 104 valence electrons. The molecular weight excluding hydrogens is 287 g/mol. The summed E-state index contributed by atoms with van der Waals surface area (Å²) in [5.74, 6) is -1.90. The monoisotopic (exact) mass is 296 g/mol. The molecule has 8 heteroatoms. The van der Waals surface area contributed by atoms with Crippen LogP contribution in [0.25, 0.3) is 0 Å². The van der Waals surface area contributed by atoms with Crippen LogP contribution >= 0.6 is 11.3 Å². The molecule has 0 fully saturated rings. The molecule has 0 amide bonds. The summed E-state index contributed by atoms with van der Waals surface area (Å²) < 4.78 is 18.1. The van der Waals surface area contributed by atoms with E-state index < -0.39 is 22.4 Å². The number of ether oxygens (including phenoxy) is 1. The summed E-state index contributed by atoms with van der Waals surface area (Å²) in [5, 5.41) is 17.2. The maximum absolute atomic E-state index is 13.7. The van der Waals surface area contributed by atoms with Crippen LogP contribution in [0.4, 0.5) is 21.5 Å². The van der Waals surface area contributed by atoms with E-state index in [0.29, 0.717) is 11.8 Å². The van der Waals surface area contributed by atoms with Crippen molar-refractivity contribution in [3.05, 3.63) is 50.5 Å². The summed E-state index contributed by atoms with van der Waals surface area (Å²) in [7, 11) is 1.11. The molecule has 0 saturated carbocycles. The Balaban J connectivity index is 2.51. The number of thiophene rings is 1. The number of esters is 1. The molecule has 0 radical (unpaired) electrons. The summed E-state index contributed by atoms with van der Waals surface area (Å²) in [4.78, 5) is 21.6. The van der Waals surface area contributed by atoms with Crippen LogP contribution in [0.2, 0.25) is 0 Å². The molecule has 0 spiro atoms. The average molecular weight is 296 g/mol. The van der Waals surface area contributed by atoms with Crippen LogP contribution in [-0.4, -0.2) is 18.0 Å². The number of halogens is 1. The van der Waals surface area contributed by atoms with Gasteiger partial charge in [-0.15, -0.1) is 0 Å². The first kappa shape index (κ1) is 13.9. The van der Waals surface area contributed by atoms with Crippen molar-refractivity contribution in [1.29, 1.82) is 0 Å². The van der Waals surface area contributed by atoms with Crippen LogP contribution in [0, 0.1) is 15.9 Å². The second kappa shape index (κ2) is 5.66. The standard InChI is InChI=1S/C12H9FN2O4S/c1-19-12(16)8-4-10(14-7-2-3-20-6-7)11(15(17)18)5-9(8)13/h2-6,14H,1H3. The quantitative estimate of drug-likeness (QED) is 0.531. The highest BCUT2D eigenvalue weighted by molar-refractivity contribution is 7.08. The first-order valence-electron chi connectivity index (χ1n) is 5.38. The zero-order chi connectivity index (χ0) is 14.7. The number of benzene rings is 1. The molecule has 0 saturated heterocycles. The molecule has 0 bridgehead atoms. The van der Waals surface area contributed by atoms with Gasteiger partial charge in [0.2, 0.25) is 0 Å². The van der Waals surface area contributed by atoms with Crippen molar-refractivity contribution in [3.8, 4) is 0 Å². The molecule has 1 N–H and O–H groups in total. The van der Waals surface area contributed by atoms with Gasteiger partial charge in [-0.25, -0.2) is 9.18 Å². The number of hydrogen-bond acceptors (Lipinski definition) is 6. The van der Waals surface area contributed by atoms with E-state index in [0.717, 1.165) is 13.2 Å². The van der Waals surface area contributed by atoms with Gasteiger partial charge in [0.25, 0.3) is 5.69 Å². The summed E-state index contributed by atoms with van der Waals surface area (Å²) in [6.45, 7) is 0. The van der Waals surface area contributed by atoms with Gasteiger partial charge in [-0.2, -0.15) is 11.3 Å². The lowest BCUT2D eigenvalue weighted by atomic mass is 10.1. The minimum Gasteiger partial charge on any atom is -0.465 e. The highest BCUT2D eigenvalue weighted by Crippen LogP contribution is 2.31. The molecule has 0 unspecified atom stereocenters. The highest BCUT2D eigenvalue weighted by atomic mass is 32.1. The predicted octanol–water partition coefficient (Wildman–Crippen LogP) is 3.33. The Morgan fingerprint density at radius 1 is 1.50 bits per heavy atom. The van der Waals surface area contributed by atoms with Crippen molar-refractivity contribution in [2.45, 2.75) is 0 Å². The third kappa shape index (κ3) is 2.75. The number of rotatable bonds is 4. The maximum Gasteiger partial charge on any atom is 0.340 e. The van der Waals surface area contributed by atoms with Gasteiger partial charge >= 0.3 is 5.97 Å². The molecule has 2 rings (SSSR count). The minimum absolute atomic E-state index is 0.0233. The number of nitrogens with one attached hydrogen (secondary N) is 1. The minimum atomic E-state index is -1.00. The number of hydrogen-bond donors (Lipinski definition) is 1. The number of anilines is 2. The first-order valence-corrected chi connectivity index (χ1v) is 6.32. The van der Waals surface area contributed by atoms with Crippen molar-refractivity contribution < 1.29 is 18.8 Å². The molecule has 1 aromatic heterocycles. The van der Waals surface area contributed by atoms with E-state index in [-0.39, 0.29) is 11.3 Å². The summed E-state index contributed by atoms with van der Waals surface area (Å²) >= 11 is 1.39. The number of carbonyl (C=O) groups excluding carboxylic acids is 1. The Morgan fingerprint density at radius 3 is 2.80 bits per heavy atom. The number of nitro groups is 1. The van der Waals surface area contributed by atoms with Gasteiger partial charge in [0, 0.05) is 11.1 Å². The lowest BCUT2D eigenvalue weighted by Crippen LogP contribution is -2.07. The second-order valence-electron chi connectivity index (χ2n) is 3.73. The summed E-state index contributed by atoms with van der Waals surface area (Å²) in [6.07, 6.45) is 0. The third-order valence-corrected chi connectivity index (χ3v) is 3.17. The van der Waals surface area contributed by atoms with Gasteiger partial charge in [0.1, 0.15) is 11.5 Å². The molecule has 2 aromatic rings. The van der Waals surface area contributed by atoms with Crippen molar-refractivity contribution >= 4 is 34.4 Å². The third-order valence-electron chi connectivity index (χ3n) is 2.49. The van der Waals surface area contributed by atoms with Crippen LogP contribution in [-0.2, 0) is 4.74 Å². The van der Waals surface area contributed by atoms with E-state index >= 15 is 0 Å². The van der Waals surface area contributed by atoms with Gasteiger partial charge in [0.15, 0.2) is 0 Å².